The molecule has 0 heterocycles. The van der Waals surface area contributed by atoms with Crippen LogP contribution in [-0.2, 0) is 5.41 Å². The second-order valence-corrected chi connectivity index (χ2v) is 6.84. The number of anilines is 1. The van der Waals surface area contributed by atoms with Gasteiger partial charge in [0.05, 0.1) is 5.69 Å². The second-order valence-electron chi connectivity index (χ2n) is 6.43. The largest absolute Gasteiger partial charge is 0.373 e. The van der Waals surface area contributed by atoms with Gasteiger partial charge in [0, 0.05) is 19.2 Å². The maximum atomic E-state index is 12.0. The van der Waals surface area contributed by atoms with Gasteiger partial charge in [-0.1, -0.05) is 46.8 Å². The van der Waals surface area contributed by atoms with Crippen LogP contribution in [0.4, 0.5) is 5.69 Å². The van der Waals surface area contributed by atoms with Crippen LogP contribution in [0.15, 0.2) is 4.79 Å². The molecule has 0 amide bonds. The average molecular weight is 296 g/mol. The van der Waals surface area contributed by atoms with E-state index in [0.29, 0.717) is 4.51 Å². The first-order valence-electron chi connectivity index (χ1n) is 7.51. The predicted octanol–water partition coefficient (Wildman–Crippen LogP) is 3.12. The average Bonchev–Trinajstić information content (AvgIpc) is 2.37. The summed E-state index contributed by atoms with van der Waals surface area (Å²) in [5.74, 6) is 0. The van der Waals surface area contributed by atoms with Gasteiger partial charge >= 0.3 is 0 Å². The third-order valence-electron chi connectivity index (χ3n) is 3.88. The van der Waals surface area contributed by atoms with Crippen LogP contribution in [0, 0.1) is 4.51 Å². The molecule has 0 saturated heterocycles. The molecule has 0 aliphatic carbocycles. The van der Waals surface area contributed by atoms with Crippen molar-refractivity contribution in [3.05, 3.63) is 20.3 Å². The summed E-state index contributed by atoms with van der Waals surface area (Å²) in [6.45, 7) is 14.8. The number of nitrogens with zero attached hydrogens (tertiary/aromatic N) is 2. The molecule has 1 aromatic carbocycles. The Bertz CT molecular complexity index is 505. The predicted molar refractivity (Wildman–Crippen MR) is 90.3 cm³/mol. The van der Waals surface area contributed by atoms with Crippen molar-refractivity contribution < 1.29 is 0 Å². The summed E-state index contributed by atoms with van der Waals surface area (Å²) in [5.41, 5.74) is 1.84. The van der Waals surface area contributed by atoms with Crippen molar-refractivity contribution in [1.82, 2.24) is 4.90 Å². The third kappa shape index (κ3) is 3.67. The molecule has 0 atom stereocenters. The Morgan fingerprint density at radius 1 is 1.10 bits per heavy atom. The molecule has 0 radical (unpaired) electrons. The van der Waals surface area contributed by atoms with Gasteiger partial charge in [-0.05, 0) is 31.5 Å². The van der Waals surface area contributed by atoms with E-state index in [9.17, 15) is 4.79 Å². The van der Waals surface area contributed by atoms with E-state index >= 15 is 0 Å². The van der Waals surface area contributed by atoms with Crippen LogP contribution in [0.2, 0.25) is 0 Å². The monoisotopic (exact) mass is 296 g/mol. The smallest absolute Gasteiger partial charge is 0.204 e. The maximum Gasteiger partial charge on any atom is 0.204 e. The normalized spacial score (nSPS) is 12.3. The van der Waals surface area contributed by atoms with E-state index in [1.807, 2.05) is 7.05 Å². The molecule has 3 nitrogen and oxygen atoms in total. The summed E-state index contributed by atoms with van der Waals surface area (Å²) in [6, 6.07) is 0. The van der Waals surface area contributed by atoms with Gasteiger partial charge in [0.2, 0.25) is 5.43 Å². The molecule has 1 aromatic rings. The molecule has 4 heteroatoms. The third-order valence-corrected chi connectivity index (χ3v) is 4.26. The van der Waals surface area contributed by atoms with E-state index in [2.05, 4.69) is 44.4 Å². The Balaban J connectivity index is 2.70. The zero-order valence-electron chi connectivity index (χ0n) is 13.7. The molecule has 20 heavy (non-hydrogen) atoms. The van der Waals surface area contributed by atoms with Gasteiger partial charge in [-0.3, -0.25) is 4.79 Å². The zero-order chi connectivity index (χ0) is 15.5. The highest BCUT2D eigenvalue weighted by atomic mass is 32.1. The number of hydrogen-bond acceptors (Lipinski definition) is 4. The lowest BCUT2D eigenvalue weighted by molar-refractivity contribution is 0.301. The van der Waals surface area contributed by atoms with Crippen LogP contribution in [0.1, 0.15) is 46.6 Å². The lowest BCUT2D eigenvalue weighted by Gasteiger charge is -2.31. The Morgan fingerprint density at radius 2 is 1.65 bits per heavy atom. The minimum atomic E-state index is -0.123. The topological polar surface area (TPSA) is 23.6 Å². The molecular weight excluding hydrogens is 268 g/mol. The Morgan fingerprint density at radius 3 is 2.10 bits per heavy atom. The van der Waals surface area contributed by atoms with Crippen LogP contribution >= 0.6 is 12.2 Å². The molecule has 0 aliphatic rings. The molecule has 0 saturated carbocycles. The lowest BCUT2D eigenvalue weighted by Crippen LogP contribution is -2.36. The number of hydrogen-bond donors (Lipinski definition) is 0. The lowest BCUT2D eigenvalue weighted by atomic mass is 9.82. The van der Waals surface area contributed by atoms with Crippen molar-refractivity contribution in [3.8, 4) is 0 Å². The summed E-state index contributed by atoms with van der Waals surface area (Å²) in [6.07, 6.45) is 1.09. The van der Waals surface area contributed by atoms with Gasteiger partial charge in [-0.2, -0.15) is 0 Å². The fraction of sp³-hybridized carbons (Fsp3) is 0.750. The Hall–Kier alpha value is -0.740. The molecule has 0 fully saturated rings. The van der Waals surface area contributed by atoms with Crippen molar-refractivity contribution in [2.75, 3.05) is 38.1 Å². The highest BCUT2D eigenvalue weighted by Gasteiger charge is 2.29. The van der Waals surface area contributed by atoms with Crippen molar-refractivity contribution in [3.63, 3.8) is 0 Å². The first kappa shape index (κ1) is 17.3. The first-order chi connectivity index (χ1) is 9.23. The fourth-order valence-corrected chi connectivity index (χ4v) is 2.98. The van der Waals surface area contributed by atoms with Gasteiger partial charge in [-0.25, -0.2) is 0 Å². The van der Waals surface area contributed by atoms with Crippen LogP contribution in [-0.4, -0.2) is 38.1 Å². The van der Waals surface area contributed by atoms with E-state index in [-0.39, 0.29) is 10.8 Å². The molecule has 0 spiro atoms. The summed E-state index contributed by atoms with van der Waals surface area (Å²) in [4.78, 5) is 16.5. The molecule has 0 unspecified atom stereocenters. The van der Waals surface area contributed by atoms with Gasteiger partial charge < -0.3 is 9.80 Å². The van der Waals surface area contributed by atoms with Crippen LogP contribution in [0.5, 0.6) is 0 Å². The molecular formula is C16H28N2OS. The Kier molecular flexibility index (Phi) is 5.90. The Labute approximate surface area is 128 Å². The summed E-state index contributed by atoms with van der Waals surface area (Å²) in [5, 5.41) is 0. The molecule has 0 aromatic heterocycles. The quantitative estimate of drug-likeness (QED) is 0.721. The highest BCUT2D eigenvalue weighted by molar-refractivity contribution is 7.71. The standard InChI is InChI=1S/C16H28N2OS/c1-7-18(8-2)11-9-10-17(6)13-12(16(3,4)5)14(19)15(13)20/h7-11H2,1-6H3. The van der Waals surface area contributed by atoms with E-state index < -0.39 is 0 Å². The summed E-state index contributed by atoms with van der Waals surface area (Å²) < 4.78 is 0.514. The highest BCUT2D eigenvalue weighted by Crippen LogP contribution is 2.32. The summed E-state index contributed by atoms with van der Waals surface area (Å²) >= 11 is 5.24. The van der Waals surface area contributed by atoms with Crippen LogP contribution < -0.4 is 10.3 Å². The zero-order valence-corrected chi connectivity index (χ0v) is 14.6. The van der Waals surface area contributed by atoms with Gasteiger partial charge in [0.1, 0.15) is 4.51 Å². The number of rotatable bonds is 7. The second kappa shape index (κ2) is 6.81. The SMILES string of the molecule is CCN(CC)CCCN(C)c1c(C(C)(C)C)c(=O)c1=S. The molecule has 0 N–H and O–H groups in total. The van der Waals surface area contributed by atoms with Gasteiger partial charge in [0.15, 0.2) is 0 Å². The minimum absolute atomic E-state index is 0.0677. The maximum absolute atomic E-state index is 12.0. The molecule has 114 valence electrons. The summed E-state index contributed by atoms with van der Waals surface area (Å²) in [7, 11) is 2.04. The van der Waals surface area contributed by atoms with Gasteiger partial charge in [-0.15, -0.1) is 0 Å². The van der Waals surface area contributed by atoms with Crippen molar-refractivity contribution in [2.45, 2.75) is 46.5 Å². The fourth-order valence-electron chi connectivity index (χ4n) is 2.62. The van der Waals surface area contributed by atoms with E-state index in [4.69, 9.17) is 12.2 Å². The van der Waals surface area contributed by atoms with Crippen LogP contribution in [0.25, 0.3) is 0 Å². The van der Waals surface area contributed by atoms with Gasteiger partial charge in [0.25, 0.3) is 0 Å². The molecule has 1 rings (SSSR count). The van der Waals surface area contributed by atoms with E-state index in [1.165, 1.54) is 0 Å². The van der Waals surface area contributed by atoms with E-state index in [0.717, 1.165) is 43.9 Å². The van der Waals surface area contributed by atoms with Crippen LogP contribution in [0.3, 0.4) is 0 Å². The van der Waals surface area contributed by atoms with E-state index in [1.54, 1.807) is 0 Å². The van der Waals surface area contributed by atoms with Crippen molar-refractivity contribution in [2.24, 2.45) is 0 Å². The van der Waals surface area contributed by atoms with Crippen molar-refractivity contribution in [1.29, 1.82) is 0 Å². The molecule has 0 bridgehead atoms. The molecule has 0 aliphatic heterocycles. The van der Waals surface area contributed by atoms with Crippen molar-refractivity contribution >= 4 is 17.9 Å². The minimum Gasteiger partial charge on any atom is -0.373 e. The first-order valence-corrected chi connectivity index (χ1v) is 7.92.